The van der Waals surface area contributed by atoms with Gasteiger partial charge in [0.1, 0.15) is 0 Å². The summed E-state index contributed by atoms with van der Waals surface area (Å²) in [5, 5.41) is 0. The standard InChI is InChI=1S/C11H16O3/c1-8(2)10(13)14-11(9(3)12)6-4-5-7-11/h1,4-7H2,2-3H3. The van der Waals surface area contributed by atoms with Crippen molar-refractivity contribution in [3.8, 4) is 0 Å². The summed E-state index contributed by atoms with van der Waals surface area (Å²) < 4.78 is 5.23. The monoisotopic (exact) mass is 196 g/mol. The number of carbonyl (C=O) groups is 2. The molecular weight excluding hydrogens is 180 g/mol. The van der Waals surface area contributed by atoms with E-state index in [1.165, 1.54) is 6.92 Å². The Balaban J connectivity index is 2.75. The zero-order valence-corrected chi connectivity index (χ0v) is 8.76. The van der Waals surface area contributed by atoms with Crippen LogP contribution in [0.2, 0.25) is 0 Å². The van der Waals surface area contributed by atoms with Crippen LogP contribution in [-0.4, -0.2) is 17.4 Å². The second-order valence-electron chi connectivity index (χ2n) is 3.93. The molecule has 0 aromatic heterocycles. The molecule has 0 saturated heterocycles. The lowest BCUT2D eigenvalue weighted by Gasteiger charge is -2.25. The van der Waals surface area contributed by atoms with E-state index in [-0.39, 0.29) is 5.78 Å². The summed E-state index contributed by atoms with van der Waals surface area (Å²) in [4.78, 5) is 22.8. The van der Waals surface area contributed by atoms with E-state index in [2.05, 4.69) is 6.58 Å². The second kappa shape index (κ2) is 3.95. The Morgan fingerprint density at radius 1 is 1.21 bits per heavy atom. The molecule has 0 aromatic rings. The van der Waals surface area contributed by atoms with E-state index in [0.717, 1.165) is 12.8 Å². The van der Waals surface area contributed by atoms with E-state index in [9.17, 15) is 9.59 Å². The molecule has 1 rings (SSSR count). The number of Topliss-reactive ketones (excluding diaryl/α,β-unsaturated/α-hetero) is 1. The molecule has 0 atom stereocenters. The number of carbonyl (C=O) groups excluding carboxylic acids is 2. The summed E-state index contributed by atoms with van der Waals surface area (Å²) in [7, 11) is 0. The first-order valence-electron chi connectivity index (χ1n) is 4.88. The molecule has 0 aliphatic heterocycles. The molecule has 3 heteroatoms. The van der Waals surface area contributed by atoms with Crippen LogP contribution in [0.15, 0.2) is 12.2 Å². The maximum absolute atomic E-state index is 11.4. The van der Waals surface area contributed by atoms with Gasteiger partial charge in [-0.25, -0.2) is 4.79 Å². The topological polar surface area (TPSA) is 43.4 Å². The summed E-state index contributed by atoms with van der Waals surface area (Å²) in [5.74, 6) is -0.508. The average molecular weight is 196 g/mol. The minimum Gasteiger partial charge on any atom is -0.448 e. The highest BCUT2D eigenvalue weighted by atomic mass is 16.6. The summed E-state index contributed by atoms with van der Waals surface area (Å²) in [6.07, 6.45) is 3.20. The van der Waals surface area contributed by atoms with Crippen LogP contribution >= 0.6 is 0 Å². The first-order valence-corrected chi connectivity index (χ1v) is 4.88. The smallest absolute Gasteiger partial charge is 0.334 e. The minimum atomic E-state index is -0.851. The van der Waals surface area contributed by atoms with Crippen LogP contribution < -0.4 is 0 Å². The zero-order chi connectivity index (χ0) is 10.8. The van der Waals surface area contributed by atoms with Crippen molar-refractivity contribution in [3.05, 3.63) is 12.2 Å². The Morgan fingerprint density at radius 3 is 2.07 bits per heavy atom. The van der Waals surface area contributed by atoms with Crippen LogP contribution in [0.25, 0.3) is 0 Å². The molecule has 1 saturated carbocycles. The molecule has 0 aromatic carbocycles. The zero-order valence-electron chi connectivity index (χ0n) is 8.76. The highest BCUT2D eigenvalue weighted by Crippen LogP contribution is 2.34. The normalized spacial score (nSPS) is 19.0. The van der Waals surface area contributed by atoms with Gasteiger partial charge in [0.2, 0.25) is 0 Å². The van der Waals surface area contributed by atoms with Crippen molar-refractivity contribution >= 4 is 11.8 Å². The molecule has 1 aliphatic carbocycles. The van der Waals surface area contributed by atoms with Gasteiger partial charge < -0.3 is 4.74 Å². The molecular formula is C11H16O3. The van der Waals surface area contributed by atoms with Crippen LogP contribution in [0.1, 0.15) is 39.5 Å². The molecule has 0 radical (unpaired) electrons. The predicted molar refractivity (Wildman–Crippen MR) is 52.8 cm³/mol. The van der Waals surface area contributed by atoms with E-state index >= 15 is 0 Å². The molecule has 78 valence electrons. The third-order valence-corrected chi connectivity index (χ3v) is 2.69. The van der Waals surface area contributed by atoms with E-state index in [1.54, 1.807) is 6.92 Å². The molecule has 0 spiro atoms. The fourth-order valence-corrected chi connectivity index (χ4v) is 1.74. The van der Waals surface area contributed by atoms with Crippen molar-refractivity contribution in [2.75, 3.05) is 0 Å². The van der Waals surface area contributed by atoms with Gasteiger partial charge in [-0.1, -0.05) is 6.58 Å². The quantitative estimate of drug-likeness (QED) is 0.512. The average Bonchev–Trinajstić information content (AvgIpc) is 2.53. The van der Waals surface area contributed by atoms with Gasteiger partial charge in [-0.3, -0.25) is 4.79 Å². The summed E-state index contributed by atoms with van der Waals surface area (Å²) in [6.45, 7) is 6.57. The molecule has 0 N–H and O–H groups in total. The fraction of sp³-hybridized carbons (Fsp3) is 0.636. The molecule has 1 fully saturated rings. The first kappa shape index (κ1) is 11.0. The molecule has 0 bridgehead atoms. The lowest BCUT2D eigenvalue weighted by molar-refractivity contribution is -0.162. The third-order valence-electron chi connectivity index (χ3n) is 2.69. The molecule has 3 nitrogen and oxygen atoms in total. The molecule has 0 heterocycles. The fourth-order valence-electron chi connectivity index (χ4n) is 1.74. The summed E-state index contributed by atoms with van der Waals surface area (Å²) >= 11 is 0. The van der Waals surface area contributed by atoms with Gasteiger partial charge in [-0.05, 0) is 39.5 Å². The van der Waals surface area contributed by atoms with E-state index in [4.69, 9.17) is 4.74 Å². The van der Waals surface area contributed by atoms with Gasteiger partial charge in [0.15, 0.2) is 11.4 Å². The van der Waals surface area contributed by atoms with Crippen LogP contribution in [0, 0.1) is 0 Å². The van der Waals surface area contributed by atoms with Gasteiger partial charge in [-0.15, -0.1) is 0 Å². The summed E-state index contributed by atoms with van der Waals surface area (Å²) in [5.41, 5.74) is -0.506. The number of esters is 1. The second-order valence-corrected chi connectivity index (χ2v) is 3.93. The number of rotatable bonds is 3. The van der Waals surface area contributed by atoms with Crippen LogP contribution in [0.3, 0.4) is 0 Å². The first-order chi connectivity index (χ1) is 6.48. The minimum absolute atomic E-state index is 0.0513. The Morgan fingerprint density at radius 2 is 1.71 bits per heavy atom. The largest absolute Gasteiger partial charge is 0.448 e. The SMILES string of the molecule is C=C(C)C(=O)OC1(C(C)=O)CCCC1. The number of hydrogen-bond donors (Lipinski definition) is 0. The Bertz CT molecular complexity index is 272. The highest BCUT2D eigenvalue weighted by molar-refractivity contribution is 5.92. The van der Waals surface area contributed by atoms with Gasteiger partial charge >= 0.3 is 5.97 Å². The molecule has 0 unspecified atom stereocenters. The lowest BCUT2D eigenvalue weighted by atomic mass is 9.97. The van der Waals surface area contributed by atoms with Gasteiger partial charge in [0, 0.05) is 5.57 Å². The molecule has 14 heavy (non-hydrogen) atoms. The van der Waals surface area contributed by atoms with Crippen molar-refractivity contribution in [3.63, 3.8) is 0 Å². The Hall–Kier alpha value is -1.12. The Labute approximate surface area is 84.1 Å². The predicted octanol–water partition coefficient (Wildman–Crippen LogP) is 2.01. The maximum Gasteiger partial charge on any atom is 0.334 e. The van der Waals surface area contributed by atoms with E-state index in [0.29, 0.717) is 18.4 Å². The number of ether oxygens (including phenoxy) is 1. The van der Waals surface area contributed by atoms with Crippen molar-refractivity contribution in [1.29, 1.82) is 0 Å². The number of ketones is 1. The van der Waals surface area contributed by atoms with Crippen molar-refractivity contribution < 1.29 is 14.3 Å². The Kier molecular flexibility index (Phi) is 3.09. The lowest BCUT2D eigenvalue weighted by Crippen LogP contribution is -2.39. The van der Waals surface area contributed by atoms with E-state index in [1.807, 2.05) is 0 Å². The maximum atomic E-state index is 11.4. The van der Waals surface area contributed by atoms with Crippen molar-refractivity contribution in [2.24, 2.45) is 0 Å². The van der Waals surface area contributed by atoms with Gasteiger partial charge in [0.25, 0.3) is 0 Å². The van der Waals surface area contributed by atoms with Crippen LogP contribution in [-0.2, 0) is 14.3 Å². The van der Waals surface area contributed by atoms with Crippen molar-refractivity contribution in [1.82, 2.24) is 0 Å². The van der Waals surface area contributed by atoms with Gasteiger partial charge in [0.05, 0.1) is 0 Å². The number of hydrogen-bond acceptors (Lipinski definition) is 3. The van der Waals surface area contributed by atoms with Crippen molar-refractivity contribution in [2.45, 2.75) is 45.1 Å². The third kappa shape index (κ3) is 2.03. The molecule has 0 amide bonds. The summed E-state index contributed by atoms with van der Waals surface area (Å²) in [6, 6.07) is 0. The van der Waals surface area contributed by atoms with E-state index < -0.39 is 11.6 Å². The van der Waals surface area contributed by atoms with Crippen LogP contribution in [0.5, 0.6) is 0 Å². The van der Waals surface area contributed by atoms with Crippen LogP contribution in [0.4, 0.5) is 0 Å². The molecule has 1 aliphatic rings. The van der Waals surface area contributed by atoms with Gasteiger partial charge in [-0.2, -0.15) is 0 Å². The highest BCUT2D eigenvalue weighted by Gasteiger charge is 2.42.